The van der Waals surface area contributed by atoms with Gasteiger partial charge in [-0.15, -0.1) is 5.10 Å². The number of anilines is 2. The minimum absolute atomic E-state index is 0.00481. The van der Waals surface area contributed by atoms with E-state index in [0.717, 1.165) is 34.9 Å². The number of aromatic nitrogens is 3. The third-order valence-electron chi connectivity index (χ3n) is 5.29. The van der Waals surface area contributed by atoms with Gasteiger partial charge in [-0.25, -0.2) is 18.2 Å². The molecular weight excluding hydrogens is 395 g/mol. The van der Waals surface area contributed by atoms with Crippen LogP contribution >= 0.6 is 0 Å². The van der Waals surface area contributed by atoms with Crippen LogP contribution in [0.3, 0.4) is 0 Å². The number of alkyl halides is 2. The van der Waals surface area contributed by atoms with Gasteiger partial charge in [-0.1, -0.05) is 18.2 Å². The van der Waals surface area contributed by atoms with E-state index in [1.54, 1.807) is 6.20 Å². The predicted octanol–water partition coefficient (Wildman–Crippen LogP) is 4.25. The zero-order valence-electron chi connectivity index (χ0n) is 16.7. The molecule has 1 aliphatic heterocycles. The van der Waals surface area contributed by atoms with Gasteiger partial charge in [0.1, 0.15) is 11.6 Å². The zero-order valence-corrected chi connectivity index (χ0v) is 16.7. The van der Waals surface area contributed by atoms with Gasteiger partial charge < -0.3 is 15.0 Å². The van der Waals surface area contributed by atoms with Crippen LogP contribution in [0.25, 0.3) is 10.8 Å². The van der Waals surface area contributed by atoms with Gasteiger partial charge in [-0.3, -0.25) is 0 Å². The van der Waals surface area contributed by atoms with Gasteiger partial charge in [0.2, 0.25) is 0 Å². The number of hydrogen-bond acceptors (Lipinski definition) is 6. The third kappa shape index (κ3) is 3.89. The summed E-state index contributed by atoms with van der Waals surface area (Å²) in [5.74, 6) is 0.329. The maximum atomic E-state index is 14.4. The molecule has 0 amide bonds. The van der Waals surface area contributed by atoms with Gasteiger partial charge >= 0.3 is 0 Å². The van der Waals surface area contributed by atoms with E-state index in [-0.39, 0.29) is 18.2 Å². The van der Waals surface area contributed by atoms with Gasteiger partial charge in [-0.2, -0.15) is 5.10 Å². The lowest BCUT2D eigenvalue weighted by Gasteiger charge is -2.34. The number of aryl methyl sites for hydroxylation is 1. The van der Waals surface area contributed by atoms with Crippen molar-refractivity contribution >= 4 is 22.4 Å². The third-order valence-corrected chi connectivity index (χ3v) is 5.29. The monoisotopic (exact) mass is 417 g/mol. The van der Waals surface area contributed by atoms with E-state index in [1.807, 2.05) is 13.0 Å². The van der Waals surface area contributed by atoms with E-state index in [9.17, 15) is 13.2 Å². The molecule has 4 rings (SSSR count). The Labute approximate surface area is 172 Å². The topological polar surface area (TPSA) is 63.2 Å². The normalized spacial score (nSPS) is 17.0. The van der Waals surface area contributed by atoms with Crippen LogP contribution in [0.15, 0.2) is 30.5 Å². The van der Waals surface area contributed by atoms with Crippen LogP contribution in [-0.4, -0.2) is 41.0 Å². The van der Waals surface area contributed by atoms with E-state index in [1.165, 1.54) is 12.1 Å². The molecule has 0 bridgehead atoms. The first kappa shape index (κ1) is 20.3. The van der Waals surface area contributed by atoms with Gasteiger partial charge in [0.15, 0.2) is 5.82 Å². The van der Waals surface area contributed by atoms with Crippen LogP contribution in [-0.2, 0) is 11.3 Å². The van der Waals surface area contributed by atoms with E-state index < -0.39 is 17.8 Å². The lowest BCUT2D eigenvalue weighted by atomic mass is 10.1. The average molecular weight is 417 g/mol. The maximum absolute atomic E-state index is 14.4. The lowest BCUT2D eigenvalue weighted by molar-refractivity contribution is 0.0985. The van der Waals surface area contributed by atoms with Gasteiger partial charge in [0.25, 0.3) is 6.43 Å². The van der Waals surface area contributed by atoms with Crippen molar-refractivity contribution in [2.24, 2.45) is 0 Å². The minimum Gasteiger partial charge on any atom is -0.377 e. The summed E-state index contributed by atoms with van der Waals surface area (Å²) in [6.07, 6.45) is -1.12. The molecule has 1 saturated heterocycles. The molecule has 1 fully saturated rings. The summed E-state index contributed by atoms with van der Waals surface area (Å²) in [6, 6.07) is 6.09. The number of nitrogens with zero attached hydrogens (tertiary/aromatic N) is 4. The maximum Gasteiger partial charge on any atom is 0.266 e. The van der Waals surface area contributed by atoms with E-state index in [2.05, 4.69) is 32.3 Å². The molecule has 158 valence electrons. The fourth-order valence-electron chi connectivity index (χ4n) is 3.60. The van der Waals surface area contributed by atoms with Crippen molar-refractivity contribution in [3.63, 3.8) is 0 Å². The van der Waals surface area contributed by atoms with Crippen molar-refractivity contribution < 1.29 is 17.9 Å². The Bertz CT molecular complexity index is 1060. The van der Waals surface area contributed by atoms with Crippen molar-refractivity contribution in [1.82, 2.24) is 15.2 Å². The molecule has 6 nitrogen and oxygen atoms in total. The molecule has 30 heavy (non-hydrogen) atoms. The molecular formula is C21H22F3N5O. The molecule has 0 radical (unpaired) electrons. The first-order valence-corrected chi connectivity index (χ1v) is 9.72. The van der Waals surface area contributed by atoms with Crippen LogP contribution < -0.4 is 10.2 Å². The molecule has 0 spiro atoms. The number of fused-ring (bicyclic) bond motifs is 1. The van der Waals surface area contributed by atoms with Gasteiger partial charge in [0.05, 0.1) is 30.5 Å². The van der Waals surface area contributed by atoms with Gasteiger partial charge in [-0.05, 0) is 19.9 Å². The predicted molar refractivity (Wildman–Crippen MR) is 108 cm³/mol. The molecule has 1 atom stereocenters. The van der Waals surface area contributed by atoms with Crippen molar-refractivity contribution in [1.29, 1.82) is 0 Å². The van der Waals surface area contributed by atoms with Crippen LogP contribution in [0, 0.1) is 12.7 Å². The second-order valence-corrected chi connectivity index (χ2v) is 7.31. The summed E-state index contributed by atoms with van der Waals surface area (Å²) in [5.41, 5.74) is 0.247. The van der Waals surface area contributed by atoms with Crippen LogP contribution in [0.4, 0.5) is 24.8 Å². The molecule has 1 aliphatic rings. The number of nitrogens with one attached hydrogen (secondary N) is 1. The first-order chi connectivity index (χ1) is 14.5. The second-order valence-electron chi connectivity index (χ2n) is 7.31. The number of pyridine rings is 1. The largest absolute Gasteiger partial charge is 0.377 e. The van der Waals surface area contributed by atoms with E-state index >= 15 is 0 Å². The average Bonchev–Trinajstić information content (AvgIpc) is 2.74. The standard InChI is InChI=1S/C21H22F3N5O/c1-12-11-30-7-6-29(12)18-8-16-17(10-25-18)13(2)27-28-21(16)26-9-14-4-3-5-15(19(14)22)20(23)24/h3-5,8,10,12,20H,6-7,9,11H2,1-2H3,(H,26,28)/t12-/m1/s1. The first-order valence-electron chi connectivity index (χ1n) is 9.72. The molecule has 0 unspecified atom stereocenters. The molecule has 3 heterocycles. The lowest BCUT2D eigenvalue weighted by Crippen LogP contribution is -2.44. The summed E-state index contributed by atoms with van der Waals surface area (Å²) in [6.45, 7) is 5.89. The highest BCUT2D eigenvalue weighted by Crippen LogP contribution is 2.29. The fraction of sp³-hybridized carbons (Fsp3) is 0.381. The number of morpholine rings is 1. The van der Waals surface area contributed by atoms with Crippen LogP contribution in [0.5, 0.6) is 0 Å². The second kappa shape index (κ2) is 8.43. The quantitative estimate of drug-likeness (QED) is 0.670. The van der Waals surface area contributed by atoms with Crippen molar-refractivity contribution in [2.45, 2.75) is 32.9 Å². The summed E-state index contributed by atoms with van der Waals surface area (Å²) >= 11 is 0. The van der Waals surface area contributed by atoms with Gasteiger partial charge in [0, 0.05) is 35.6 Å². The number of ether oxygens (including phenoxy) is 1. The molecule has 1 N–H and O–H groups in total. The Hall–Kier alpha value is -2.94. The minimum atomic E-state index is -2.87. The molecule has 9 heteroatoms. The number of benzene rings is 1. The number of halogens is 3. The molecule has 2 aromatic heterocycles. The number of rotatable bonds is 5. The zero-order chi connectivity index (χ0) is 21.3. The highest BCUT2D eigenvalue weighted by atomic mass is 19.3. The number of hydrogen-bond donors (Lipinski definition) is 1. The van der Waals surface area contributed by atoms with Crippen molar-refractivity contribution in [2.75, 3.05) is 30.0 Å². The summed E-state index contributed by atoms with van der Waals surface area (Å²) in [5, 5.41) is 13.0. The van der Waals surface area contributed by atoms with E-state index in [0.29, 0.717) is 19.0 Å². The smallest absolute Gasteiger partial charge is 0.266 e. The Balaban J connectivity index is 1.66. The highest BCUT2D eigenvalue weighted by molar-refractivity contribution is 5.94. The molecule has 0 aliphatic carbocycles. The summed E-state index contributed by atoms with van der Waals surface area (Å²) in [7, 11) is 0. The van der Waals surface area contributed by atoms with Crippen LogP contribution in [0.1, 0.15) is 30.2 Å². The summed E-state index contributed by atoms with van der Waals surface area (Å²) < 4.78 is 45.8. The Morgan fingerprint density at radius 2 is 2.10 bits per heavy atom. The Morgan fingerprint density at radius 1 is 1.27 bits per heavy atom. The Morgan fingerprint density at radius 3 is 2.87 bits per heavy atom. The van der Waals surface area contributed by atoms with Crippen molar-refractivity contribution in [3.8, 4) is 0 Å². The van der Waals surface area contributed by atoms with E-state index in [4.69, 9.17) is 4.74 Å². The SMILES string of the molecule is Cc1nnc(NCc2cccc(C(F)F)c2F)c2cc(N3CCOC[C@H]3C)ncc12. The highest BCUT2D eigenvalue weighted by Gasteiger charge is 2.21. The molecule has 0 saturated carbocycles. The molecule has 3 aromatic rings. The fourth-order valence-corrected chi connectivity index (χ4v) is 3.60. The Kier molecular flexibility index (Phi) is 5.72. The van der Waals surface area contributed by atoms with Crippen LogP contribution in [0.2, 0.25) is 0 Å². The summed E-state index contributed by atoms with van der Waals surface area (Å²) in [4.78, 5) is 6.74. The van der Waals surface area contributed by atoms with Crippen molar-refractivity contribution in [3.05, 3.63) is 53.1 Å². The molecule has 1 aromatic carbocycles.